The topological polar surface area (TPSA) is 132 Å². The van der Waals surface area contributed by atoms with Crippen LogP contribution in [0.2, 0.25) is 0 Å². The van der Waals surface area contributed by atoms with Crippen molar-refractivity contribution in [1.29, 1.82) is 0 Å². The predicted octanol–water partition coefficient (Wildman–Crippen LogP) is 8.65. The van der Waals surface area contributed by atoms with Crippen LogP contribution in [0.5, 0.6) is 0 Å². The minimum absolute atomic E-state index is 0. The van der Waals surface area contributed by atoms with Gasteiger partial charge < -0.3 is 29.1 Å². The Morgan fingerprint density at radius 2 is 0.851 bits per heavy atom. The molecule has 10 rings (SSSR count). The van der Waals surface area contributed by atoms with E-state index in [1.807, 2.05) is 18.9 Å². The van der Waals surface area contributed by atoms with Crippen molar-refractivity contribution in [2.75, 3.05) is 62.2 Å². The summed E-state index contributed by atoms with van der Waals surface area (Å²) in [6, 6.07) is 19.4. The summed E-state index contributed by atoms with van der Waals surface area (Å²) in [5.74, 6) is -3.51. The van der Waals surface area contributed by atoms with E-state index in [1.54, 1.807) is 12.1 Å². The number of nitrogens with zero attached hydrogens (tertiary/aromatic N) is 6. The maximum atomic E-state index is 15.1. The van der Waals surface area contributed by atoms with Gasteiger partial charge >= 0.3 is 11.9 Å². The van der Waals surface area contributed by atoms with E-state index in [2.05, 4.69) is 73.9 Å². The second-order valence-corrected chi connectivity index (χ2v) is 18.8. The fourth-order valence-electron chi connectivity index (χ4n) is 9.95. The van der Waals surface area contributed by atoms with Gasteiger partial charge in [-0.1, -0.05) is 58.7 Å². The number of carboxylic acids is 2. The number of hydrogen-bond donors (Lipinski definition) is 2. The number of anilines is 2. The summed E-state index contributed by atoms with van der Waals surface area (Å²) in [7, 11) is 0. The smallest absolute Gasteiger partial charge is 0.341 e. The van der Waals surface area contributed by atoms with Gasteiger partial charge in [-0.25, -0.2) is 18.4 Å². The van der Waals surface area contributed by atoms with Crippen molar-refractivity contribution in [2.45, 2.75) is 78.6 Å². The molecule has 4 fully saturated rings. The molecule has 2 saturated carbocycles. The Morgan fingerprint density at radius 3 is 1.15 bits per heavy atom. The highest BCUT2D eigenvalue weighted by Gasteiger charge is 2.30. The number of aromatic carboxylic acids is 2. The van der Waals surface area contributed by atoms with E-state index in [4.69, 9.17) is 0 Å². The molecule has 12 nitrogen and oxygen atoms in total. The van der Waals surface area contributed by atoms with Gasteiger partial charge in [-0.3, -0.25) is 19.4 Å². The van der Waals surface area contributed by atoms with Crippen LogP contribution in [0.25, 0.3) is 21.8 Å². The normalized spacial score (nSPS) is 16.7. The van der Waals surface area contributed by atoms with E-state index in [1.165, 1.54) is 57.9 Å². The number of carboxylic acid groups (broad SMARTS) is 2. The van der Waals surface area contributed by atoms with Gasteiger partial charge in [0.15, 0.2) is 0 Å². The third-order valence-electron chi connectivity index (χ3n) is 13.3. The maximum Gasteiger partial charge on any atom is 0.341 e. The first-order chi connectivity index (χ1) is 31.6. The van der Waals surface area contributed by atoms with Crippen LogP contribution in [0.1, 0.15) is 91.9 Å². The van der Waals surface area contributed by atoms with Gasteiger partial charge in [-0.15, -0.1) is 12.4 Å². The molecule has 67 heavy (non-hydrogen) atoms. The first kappa shape index (κ1) is 47.4. The molecular formula is C52H57ClF2N6O6. The van der Waals surface area contributed by atoms with Crippen LogP contribution in [0.3, 0.4) is 0 Å². The number of aromatic nitrogens is 2. The van der Waals surface area contributed by atoms with Crippen LogP contribution in [0.15, 0.2) is 82.6 Å². The van der Waals surface area contributed by atoms with Gasteiger partial charge in [0.05, 0.1) is 22.4 Å². The SMILES string of the molecule is Cc1cc(C)cc(CN2CCN(c3cc4c(cc3F)c(=O)c(C(=O)O)cn4C3CC3)CC2)c1.Cc1cc(C)cc(CN2CCN(c3cc4c(cc3F)c(=O)c(C(=O)O)cn4C3CC3)CC2)c1.Cl. The average Bonchev–Trinajstić information content (AvgIpc) is 4.20. The summed E-state index contributed by atoms with van der Waals surface area (Å²) in [6.07, 6.45) is 6.58. The predicted molar refractivity (Wildman–Crippen MR) is 261 cm³/mol. The summed E-state index contributed by atoms with van der Waals surface area (Å²) < 4.78 is 34.0. The number of fused-ring (bicyclic) bond motifs is 2. The van der Waals surface area contributed by atoms with Gasteiger partial charge in [0.1, 0.15) is 22.8 Å². The van der Waals surface area contributed by atoms with E-state index >= 15 is 8.78 Å². The summed E-state index contributed by atoms with van der Waals surface area (Å²) in [6.45, 7) is 16.2. The summed E-state index contributed by atoms with van der Waals surface area (Å²) in [4.78, 5) is 57.3. The molecule has 2 aromatic heterocycles. The molecule has 2 aliphatic carbocycles. The number of aryl methyl sites for hydroxylation is 4. The summed E-state index contributed by atoms with van der Waals surface area (Å²) in [5.41, 5.74) is 7.94. The first-order valence-corrected chi connectivity index (χ1v) is 22.9. The molecular weight excluding hydrogens is 878 g/mol. The van der Waals surface area contributed by atoms with E-state index in [9.17, 15) is 29.4 Å². The van der Waals surface area contributed by atoms with Crippen LogP contribution in [-0.2, 0) is 13.1 Å². The standard InChI is InChI=1S/2C26H28FN3O3.ClH/c2*1-16-9-17(2)11-18(10-16)14-28-5-7-29(8-6-28)24-13-23-20(12-22(24)27)25(31)21(26(32)33)15-30(23)19-3-4-19;/h2*9-13,15,19H,3-8,14H2,1-2H3,(H,32,33);1H. The molecule has 4 aromatic carbocycles. The Morgan fingerprint density at radius 1 is 0.522 bits per heavy atom. The van der Waals surface area contributed by atoms with Crippen LogP contribution >= 0.6 is 12.4 Å². The Labute approximate surface area is 394 Å². The average molecular weight is 936 g/mol. The third kappa shape index (κ3) is 10.3. The minimum Gasteiger partial charge on any atom is -0.477 e. The zero-order valence-corrected chi connectivity index (χ0v) is 39.2. The lowest BCUT2D eigenvalue weighted by atomic mass is 10.1. The van der Waals surface area contributed by atoms with Crippen molar-refractivity contribution in [1.82, 2.24) is 18.9 Å². The van der Waals surface area contributed by atoms with Gasteiger partial charge in [-0.05, 0) is 88.8 Å². The number of halogens is 3. The van der Waals surface area contributed by atoms with E-state index < -0.39 is 34.4 Å². The van der Waals surface area contributed by atoms with Gasteiger partial charge in [0.2, 0.25) is 10.9 Å². The van der Waals surface area contributed by atoms with Crippen molar-refractivity contribution >= 4 is 57.5 Å². The van der Waals surface area contributed by atoms with E-state index in [0.717, 1.165) is 65.0 Å². The molecule has 0 amide bonds. The van der Waals surface area contributed by atoms with Crippen LogP contribution < -0.4 is 20.7 Å². The van der Waals surface area contributed by atoms with Crippen molar-refractivity contribution in [2.24, 2.45) is 0 Å². The third-order valence-corrected chi connectivity index (χ3v) is 13.3. The number of carbonyl (C=O) groups is 2. The van der Waals surface area contributed by atoms with Gasteiger partial charge in [0.25, 0.3) is 0 Å². The second kappa shape index (κ2) is 19.3. The number of hydrogen-bond acceptors (Lipinski definition) is 8. The Bertz CT molecular complexity index is 2780. The maximum absolute atomic E-state index is 15.1. The molecule has 2 saturated heterocycles. The highest BCUT2D eigenvalue weighted by molar-refractivity contribution is 5.94. The molecule has 4 aliphatic rings. The fraction of sp³-hybridized carbons (Fsp3) is 0.385. The molecule has 4 heterocycles. The monoisotopic (exact) mass is 934 g/mol. The Kier molecular flexibility index (Phi) is 13.6. The lowest BCUT2D eigenvalue weighted by molar-refractivity contribution is 0.0684. The zero-order chi connectivity index (χ0) is 46.6. The molecule has 2 N–H and O–H groups in total. The Balaban J connectivity index is 0.000000179. The molecule has 352 valence electrons. The molecule has 0 atom stereocenters. The quantitative estimate of drug-likeness (QED) is 0.138. The van der Waals surface area contributed by atoms with Crippen LogP contribution in [-0.4, -0.2) is 93.4 Å². The van der Waals surface area contributed by atoms with Gasteiger partial charge in [-0.2, -0.15) is 0 Å². The fourth-order valence-corrected chi connectivity index (χ4v) is 9.95. The molecule has 6 aromatic rings. The summed E-state index contributed by atoms with van der Waals surface area (Å²) in [5, 5.41) is 19.1. The Hall–Kier alpha value is -6.09. The lowest BCUT2D eigenvalue weighted by Gasteiger charge is -2.36. The van der Waals surface area contributed by atoms with Crippen molar-refractivity contribution in [3.8, 4) is 0 Å². The van der Waals surface area contributed by atoms with Crippen LogP contribution in [0, 0.1) is 39.3 Å². The molecule has 0 spiro atoms. The van der Waals surface area contributed by atoms with E-state index in [0.29, 0.717) is 48.6 Å². The number of pyridine rings is 2. The number of rotatable bonds is 10. The first-order valence-electron chi connectivity index (χ1n) is 22.9. The van der Waals surface area contributed by atoms with E-state index in [-0.39, 0.29) is 46.4 Å². The minimum atomic E-state index is -1.28. The second-order valence-electron chi connectivity index (χ2n) is 18.8. The van der Waals surface area contributed by atoms with Crippen molar-refractivity contribution < 1.29 is 28.6 Å². The van der Waals surface area contributed by atoms with Crippen LogP contribution in [0.4, 0.5) is 20.2 Å². The van der Waals surface area contributed by atoms with Crippen molar-refractivity contribution in [3.63, 3.8) is 0 Å². The number of benzene rings is 4. The largest absolute Gasteiger partial charge is 0.477 e. The molecule has 0 bridgehead atoms. The molecule has 0 radical (unpaired) electrons. The number of piperazine rings is 2. The molecule has 2 aliphatic heterocycles. The van der Waals surface area contributed by atoms with Gasteiger partial charge in [0, 0.05) is 101 Å². The molecule has 0 unspecified atom stereocenters. The highest BCUT2D eigenvalue weighted by atomic mass is 35.5. The highest BCUT2D eigenvalue weighted by Crippen LogP contribution is 2.39. The lowest BCUT2D eigenvalue weighted by Crippen LogP contribution is -2.46. The molecule has 15 heteroatoms. The van der Waals surface area contributed by atoms with Crippen molar-refractivity contribution in [3.05, 3.63) is 150 Å². The summed E-state index contributed by atoms with van der Waals surface area (Å²) >= 11 is 0. The zero-order valence-electron chi connectivity index (χ0n) is 38.4.